The lowest BCUT2D eigenvalue weighted by Gasteiger charge is -2.36. The summed E-state index contributed by atoms with van der Waals surface area (Å²) in [4.78, 5) is 29.5. The van der Waals surface area contributed by atoms with Gasteiger partial charge in [-0.2, -0.15) is 0 Å². The molecular weight excluding hydrogens is 332 g/mol. The fraction of sp³-hybridized carbons (Fsp3) is 0.882. The number of aliphatic hydroxyl groups is 1. The van der Waals surface area contributed by atoms with Crippen LogP contribution in [0.4, 0.5) is 8.78 Å². The molecule has 0 aromatic heterocycles. The zero-order valence-corrected chi connectivity index (χ0v) is 14.7. The van der Waals surface area contributed by atoms with Gasteiger partial charge < -0.3 is 14.9 Å². The molecule has 0 aliphatic carbocycles. The minimum atomic E-state index is -2.60. The van der Waals surface area contributed by atoms with Crippen molar-refractivity contribution in [3.8, 4) is 0 Å². The smallest absolute Gasteiger partial charge is 0.250 e. The maximum absolute atomic E-state index is 13.3. The van der Waals surface area contributed by atoms with Gasteiger partial charge in [-0.15, -0.1) is 0 Å². The number of piperidine rings is 1. The quantitative estimate of drug-likeness (QED) is 0.805. The van der Waals surface area contributed by atoms with Gasteiger partial charge in [-0.05, 0) is 19.3 Å². The molecule has 142 valence electrons. The third kappa shape index (κ3) is 4.11. The van der Waals surface area contributed by atoms with E-state index in [1.807, 2.05) is 4.90 Å². The predicted molar refractivity (Wildman–Crippen MR) is 87.2 cm³/mol. The molecule has 3 aliphatic heterocycles. The third-order valence-electron chi connectivity index (χ3n) is 5.69. The molecule has 1 N–H and O–H groups in total. The average Bonchev–Trinajstić information content (AvgIpc) is 3.16. The normalized spacial score (nSPS) is 33.0. The van der Waals surface area contributed by atoms with Crippen LogP contribution in [0.15, 0.2) is 0 Å². The highest BCUT2D eigenvalue weighted by Crippen LogP contribution is 2.31. The monoisotopic (exact) mass is 359 g/mol. The van der Waals surface area contributed by atoms with E-state index in [0.29, 0.717) is 32.5 Å². The van der Waals surface area contributed by atoms with E-state index >= 15 is 0 Å². The molecule has 3 heterocycles. The molecule has 3 fully saturated rings. The number of likely N-dealkylation sites (tertiary alicyclic amines) is 3. The van der Waals surface area contributed by atoms with Crippen LogP contribution in [-0.4, -0.2) is 88.5 Å². The van der Waals surface area contributed by atoms with E-state index in [1.54, 1.807) is 9.80 Å². The second-order valence-corrected chi connectivity index (χ2v) is 7.74. The molecule has 3 aliphatic rings. The number of β-amino-alcohol motifs (C(OH)–C–C–N with tert-alkyl or cyclic N) is 1. The minimum Gasteiger partial charge on any atom is -0.387 e. The Balaban J connectivity index is 1.55. The third-order valence-corrected chi connectivity index (χ3v) is 5.69. The summed E-state index contributed by atoms with van der Waals surface area (Å²) in [6, 6.07) is -0.423. The van der Waals surface area contributed by atoms with E-state index in [0.717, 1.165) is 6.42 Å². The Kier molecular flexibility index (Phi) is 5.03. The number of amides is 2. The fourth-order valence-electron chi connectivity index (χ4n) is 4.24. The standard InChI is InChI=1S/C17H27F2N3O3/c1-13(23)22-7-2-3-14(22)15(24)21-10-4-16(25,12-21)11-20-8-5-17(18,19)6-9-20/h14,25H,2-12H2,1H3/t14-,16-/m0/s1. The van der Waals surface area contributed by atoms with Crippen LogP contribution in [-0.2, 0) is 9.59 Å². The summed E-state index contributed by atoms with van der Waals surface area (Å²) in [6.45, 7) is 3.58. The van der Waals surface area contributed by atoms with Crippen molar-refractivity contribution in [2.75, 3.05) is 39.3 Å². The van der Waals surface area contributed by atoms with Gasteiger partial charge in [-0.1, -0.05) is 0 Å². The van der Waals surface area contributed by atoms with Crippen molar-refractivity contribution in [3.05, 3.63) is 0 Å². The van der Waals surface area contributed by atoms with Crippen LogP contribution >= 0.6 is 0 Å². The first kappa shape index (κ1) is 18.5. The lowest BCUT2D eigenvalue weighted by atomic mass is 10.00. The Morgan fingerprint density at radius 2 is 1.80 bits per heavy atom. The molecule has 0 spiro atoms. The molecule has 3 rings (SSSR count). The molecule has 0 radical (unpaired) electrons. The van der Waals surface area contributed by atoms with Crippen molar-refractivity contribution < 1.29 is 23.5 Å². The molecule has 2 atom stereocenters. The lowest BCUT2D eigenvalue weighted by Crippen LogP contribution is -2.51. The highest BCUT2D eigenvalue weighted by molar-refractivity contribution is 5.87. The van der Waals surface area contributed by atoms with E-state index in [1.165, 1.54) is 6.92 Å². The van der Waals surface area contributed by atoms with Crippen molar-refractivity contribution in [3.63, 3.8) is 0 Å². The Morgan fingerprint density at radius 1 is 1.12 bits per heavy atom. The van der Waals surface area contributed by atoms with Gasteiger partial charge in [-0.3, -0.25) is 14.5 Å². The topological polar surface area (TPSA) is 64.1 Å². The molecule has 0 aromatic rings. The first-order valence-electron chi connectivity index (χ1n) is 9.08. The number of hydrogen-bond acceptors (Lipinski definition) is 4. The molecule has 0 bridgehead atoms. The highest BCUT2D eigenvalue weighted by atomic mass is 19.3. The Morgan fingerprint density at radius 3 is 2.44 bits per heavy atom. The Labute approximate surface area is 146 Å². The van der Waals surface area contributed by atoms with Gasteiger partial charge in [0.2, 0.25) is 11.8 Å². The van der Waals surface area contributed by atoms with Crippen molar-refractivity contribution in [2.24, 2.45) is 0 Å². The largest absolute Gasteiger partial charge is 0.387 e. The van der Waals surface area contributed by atoms with Crippen molar-refractivity contribution in [2.45, 2.75) is 56.6 Å². The molecule has 0 unspecified atom stereocenters. The molecular formula is C17H27F2N3O3. The van der Waals surface area contributed by atoms with Crippen LogP contribution in [0.2, 0.25) is 0 Å². The first-order chi connectivity index (χ1) is 11.7. The van der Waals surface area contributed by atoms with Gasteiger partial charge in [0.1, 0.15) is 6.04 Å². The highest BCUT2D eigenvalue weighted by Gasteiger charge is 2.44. The van der Waals surface area contributed by atoms with Gasteiger partial charge in [0.25, 0.3) is 5.92 Å². The summed E-state index contributed by atoms with van der Waals surface area (Å²) in [5, 5.41) is 10.8. The fourth-order valence-corrected chi connectivity index (χ4v) is 4.24. The zero-order valence-electron chi connectivity index (χ0n) is 14.7. The van der Waals surface area contributed by atoms with Crippen LogP contribution in [0.5, 0.6) is 0 Å². The van der Waals surface area contributed by atoms with Crippen LogP contribution in [0.1, 0.15) is 39.0 Å². The summed E-state index contributed by atoms with van der Waals surface area (Å²) in [7, 11) is 0. The zero-order chi connectivity index (χ0) is 18.2. The summed E-state index contributed by atoms with van der Waals surface area (Å²) in [6.07, 6.45) is 1.56. The van der Waals surface area contributed by atoms with E-state index in [4.69, 9.17) is 0 Å². The Hall–Kier alpha value is -1.28. The number of rotatable bonds is 3. The maximum Gasteiger partial charge on any atom is 0.250 e. The average molecular weight is 359 g/mol. The second-order valence-electron chi connectivity index (χ2n) is 7.74. The number of hydrogen-bond donors (Lipinski definition) is 1. The van der Waals surface area contributed by atoms with Crippen LogP contribution in [0.25, 0.3) is 0 Å². The molecule has 0 aromatic carbocycles. The summed E-state index contributed by atoms with van der Waals surface area (Å²) < 4.78 is 26.5. The van der Waals surface area contributed by atoms with Crippen LogP contribution < -0.4 is 0 Å². The number of carbonyl (C=O) groups is 2. The van der Waals surface area contributed by atoms with E-state index in [9.17, 15) is 23.5 Å². The maximum atomic E-state index is 13.3. The lowest BCUT2D eigenvalue weighted by molar-refractivity contribution is -0.142. The molecule has 25 heavy (non-hydrogen) atoms. The van der Waals surface area contributed by atoms with Crippen molar-refractivity contribution in [1.29, 1.82) is 0 Å². The molecule has 3 saturated heterocycles. The van der Waals surface area contributed by atoms with Crippen LogP contribution in [0, 0.1) is 0 Å². The number of nitrogens with zero attached hydrogens (tertiary/aromatic N) is 3. The van der Waals surface area contributed by atoms with Gasteiger partial charge in [-0.25, -0.2) is 8.78 Å². The number of alkyl halides is 2. The summed E-state index contributed by atoms with van der Waals surface area (Å²) in [5.41, 5.74) is -1.05. The predicted octanol–water partition coefficient (Wildman–Crippen LogP) is 0.692. The van der Waals surface area contributed by atoms with Gasteiger partial charge in [0.05, 0.1) is 12.1 Å². The number of halogens is 2. The molecule has 0 saturated carbocycles. The molecule has 8 heteroatoms. The van der Waals surface area contributed by atoms with Crippen molar-refractivity contribution in [1.82, 2.24) is 14.7 Å². The second kappa shape index (κ2) is 6.79. The summed E-state index contributed by atoms with van der Waals surface area (Å²) in [5.74, 6) is -2.80. The molecule has 2 amide bonds. The van der Waals surface area contributed by atoms with E-state index in [-0.39, 0.29) is 44.3 Å². The number of carbonyl (C=O) groups excluding carboxylic acids is 2. The van der Waals surface area contributed by atoms with Gasteiger partial charge >= 0.3 is 0 Å². The van der Waals surface area contributed by atoms with E-state index in [2.05, 4.69) is 0 Å². The van der Waals surface area contributed by atoms with Crippen LogP contribution in [0.3, 0.4) is 0 Å². The van der Waals surface area contributed by atoms with Crippen molar-refractivity contribution >= 4 is 11.8 Å². The van der Waals surface area contributed by atoms with Gasteiger partial charge in [0.15, 0.2) is 0 Å². The minimum absolute atomic E-state index is 0.0976. The SMILES string of the molecule is CC(=O)N1CCC[C@H]1C(=O)N1CC[C@](O)(CN2CCC(F)(F)CC2)C1. The van der Waals surface area contributed by atoms with E-state index < -0.39 is 17.6 Å². The summed E-state index contributed by atoms with van der Waals surface area (Å²) >= 11 is 0. The van der Waals surface area contributed by atoms with Gasteiger partial charge in [0, 0.05) is 52.5 Å². The Bertz CT molecular complexity index is 535. The first-order valence-corrected chi connectivity index (χ1v) is 9.08. The molecule has 6 nitrogen and oxygen atoms in total.